The largest absolute Gasteiger partial charge is 0.323 e. The van der Waals surface area contributed by atoms with Crippen molar-refractivity contribution in [1.82, 2.24) is 4.98 Å². The summed E-state index contributed by atoms with van der Waals surface area (Å²) >= 11 is 0. The molecular weight excluding hydrogens is 352 g/mol. The number of pyridine rings is 1. The molecule has 0 spiro atoms. The van der Waals surface area contributed by atoms with E-state index in [1.165, 1.54) is 24.3 Å². The number of H-pyrrole nitrogens is 1. The molecule has 26 heavy (non-hydrogen) atoms. The van der Waals surface area contributed by atoms with E-state index in [1.807, 2.05) is 0 Å². The molecule has 1 aromatic heterocycles. The van der Waals surface area contributed by atoms with E-state index in [1.54, 1.807) is 0 Å². The summed E-state index contributed by atoms with van der Waals surface area (Å²) in [5.41, 5.74) is -0.358. The summed E-state index contributed by atoms with van der Waals surface area (Å²) in [6.45, 7) is 0. The molecule has 2 aromatic carbocycles. The number of fused-ring (bicyclic) bond motifs is 1. The van der Waals surface area contributed by atoms with Crippen molar-refractivity contribution in [2.24, 2.45) is 0 Å². The van der Waals surface area contributed by atoms with Crippen LogP contribution in [0.3, 0.4) is 0 Å². The van der Waals surface area contributed by atoms with Gasteiger partial charge in [0.25, 0.3) is 5.56 Å². The van der Waals surface area contributed by atoms with Gasteiger partial charge >= 0.3 is 0 Å². The highest BCUT2D eigenvalue weighted by atomic mass is 19.2. The average Bonchev–Trinajstić information content (AvgIpc) is 2.60. The van der Waals surface area contributed by atoms with Gasteiger partial charge in [-0.05, 0) is 48.2 Å². The number of nitrogens with one attached hydrogen (secondary N) is 2. The van der Waals surface area contributed by atoms with E-state index >= 15 is 0 Å². The smallest absolute Gasteiger partial charge is 0.251 e. The molecule has 0 atom stereocenters. The minimum Gasteiger partial charge on any atom is -0.323 e. The lowest BCUT2D eigenvalue weighted by Crippen LogP contribution is -2.18. The highest BCUT2D eigenvalue weighted by Crippen LogP contribution is 2.20. The van der Waals surface area contributed by atoms with Crippen LogP contribution in [0.15, 0.2) is 41.2 Å². The second kappa shape index (κ2) is 6.99. The van der Waals surface area contributed by atoms with Crippen molar-refractivity contribution < 1.29 is 22.4 Å². The van der Waals surface area contributed by atoms with Crippen LogP contribution in [0.5, 0.6) is 0 Å². The standard InChI is InChI=1S/C18H12F4N2O2/c19-11-3-1-9-7-10(18(26)24-14(9)8-11)2-6-15(25)23-13-5-4-12(20)16(21)17(13)22/h1,3-5,7-8H,2,6H2,(H,23,25)(H,24,26). The van der Waals surface area contributed by atoms with Crippen LogP contribution in [0.25, 0.3) is 10.9 Å². The van der Waals surface area contributed by atoms with Crippen LogP contribution in [0.4, 0.5) is 23.2 Å². The number of carbonyl (C=O) groups excluding carboxylic acids is 1. The minimum absolute atomic E-state index is 0.0276. The maximum absolute atomic E-state index is 13.5. The van der Waals surface area contributed by atoms with Crippen LogP contribution in [-0.2, 0) is 11.2 Å². The summed E-state index contributed by atoms with van der Waals surface area (Å²) in [7, 11) is 0. The summed E-state index contributed by atoms with van der Waals surface area (Å²) in [6.07, 6.45) is -0.159. The number of aromatic nitrogens is 1. The highest BCUT2D eigenvalue weighted by molar-refractivity contribution is 5.91. The van der Waals surface area contributed by atoms with E-state index in [-0.39, 0.29) is 18.4 Å². The molecule has 3 aromatic rings. The van der Waals surface area contributed by atoms with Crippen LogP contribution in [0.1, 0.15) is 12.0 Å². The Hall–Kier alpha value is -3.16. The lowest BCUT2D eigenvalue weighted by atomic mass is 10.1. The first-order valence-corrected chi connectivity index (χ1v) is 7.60. The SMILES string of the molecule is O=C(CCc1cc2ccc(F)cc2[nH]c1=O)Nc1ccc(F)c(F)c1F. The van der Waals surface area contributed by atoms with E-state index in [9.17, 15) is 27.2 Å². The summed E-state index contributed by atoms with van der Waals surface area (Å²) in [5.74, 6) is -5.70. The number of rotatable bonds is 4. The summed E-state index contributed by atoms with van der Waals surface area (Å²) in [4.78, 5) is 26.4. The van der Waals surface area contributed by atoms with Gasteiger partial charge in [0.1, 0.15) is 5.82 Å². The molecule has 3 rings (SSSR count). The Bertz CT molecular complexity index is 1060. The number of carbonyl (C=O) groups is 1. The van der Waals surface area contributed by atoms with Crippen molar-refractivity contribution in [2.75, 3.05) is 5.32 Å². The van der Waals surface area contributed by atoms with Gasteiger partial charge in [-0.1, -0.05) is 0 Å². The summed E-state index contributed by atoms with van der Waals surface area (Å²) < 4.78 is 52.7. The molecule has 1 heterocycles. The average molecular weight is 364 g/mol. The van der Waals surface area contributed by atoms with Crippen molar-refractivity contribution in [2.45, 2.75) is 12.8 Å². The summed E-state index contributed by atoms with van der Waals surface area (Å²) in [5, 5.41) is 2.72. The predicted molar refractivity (Wildman–Crippen MR) is 87.8 cm³/mol. The lowest BCUT2D eigenvalue weighted by molar-refractivity contribution is -0.116. The van der Waals surface area contributed by atoms with Gasteiger partial charge < -0.3 is 10.3 Å². The third-order valence-electron chi connectivity index (χ3n) is 3.82. The Labute approximate surface area is 144 Å². The predicted octanol–water partition coefficient (Wildman–Crippen LogP) is 3.66. The number of aryl methyl sites for hydroxylation is 1. The van der Waals surface area contributed by atoms with Crippen LogP contribution >= 0.6 is 0 Å². The molecule has 4 nitrogen and oxygen atoms in total. The van der Waals surface area contributed by atoms with Gasteiger partial charge in [0.05, 0.1) is 11.2 Å². The van der Waals surface area contributed by atoms with Gasteiger partial charge in [0.2, 0.25) is 5.91 Å². The number of halogens is 4. The molecule has 8 heteroatoms. The quantitative estimate of drug-likeness (QED) is 0.548. The molecule has 0 aliphatic carbocycles. The van der Waals surface area contributed by atoms with E-state index in [2.05, 4.69) is 10.3 Å². The van der Waals surface area contributed by atoms with Gasteiger partial charge in [-0.15, -0.1) is 0 Å². The third-order valence-corrected chi connectivity index (χ3v) is 3.82. The molecule has 0 bridgehead atoms. The maximum atomic E-state index is 13.5. The molecule has 0 aliphatic rings. The number of amides is 1. The Morgan fingerprint density at radius 1 is 1.00 bits per heavy atom. The Balaban J connectivity index is 1.73. The highest BCUT2D eigenvalue weighted by Gasteiger charge is 2.15. The zero-order valence-corrected chi connectivity index (χ0v) is 13.2. The minimum atomic E-state index is -1.68. The molecule has 2 N–H and O–H groups in total. The van der Waals surface area contributed by atoms with Crippen molar-refractivity contribution in [3.63, 3.8) is 0 Å². The van der Waals surface area contributed by atoms with E-state index in [4.69, 9.17) is 0 Å². The Morgan fingerprint density at radius 2 is 1.77 bits per heavy atom. The number of benzene rings is 2. The molecule has 0 aliphatic heterocycles. The number of aromatic amines is 1. The molecule has 0 fully saturated rings. The molecule has 134 valence electrons. The topological polar surface area (TPSA) is 62.0 Å². The fourth-order valence-electron chi connectivity index (χ4n) is 2.49. The number of anilines is 1. The van der Waals surface area contributed by atoms with Gasteiger partial charge in [0.15, 0.2) is 17.5 Å². The molecule has 0 saturated carbocycles. The monoisotopic (exact) mass is 364 g/mol. The van der Waals surface area contributed by atoms with E-state index in [0.717, 1.165) is 6.07 Å². The second-order valence-corrected chi connectivity index (χ2v) is 5.63. The van der Waals surface area contributed by atoms with Crippen LogP contribution in [-0.4, -0.2) is 10.9 Å². The van der Waals surface area contributed by atoms with Gasteiger partial charge in [-0.25, -0.2) is 17.6 Å². The number of hydrogen-bond acceptors (Lipinski definition) is 2. The lowest BCUT2D eigenvalue weighted by Gasteiger charge is -2.08. The first kappa shape index (κ1) is 17.7. The Kier molecular flexibility index (Phi) is 4.75. The Morgan fingerprint density at radius 3 is 2.54 bits per heavy atom. The fraction of sp³-hybridized carbons (Fsp3) is 0.111. The summed E-state index contributed by atoms with van der Waals surface area (Å²) in [6, 6.07) is 7.03. The van der Waals surface area contributed by atoms with Crippen LogP contribution in [0, 0.1) is 23.3 Å². The third kappa shape index (κ3) is 3.58. The van der Waals surface area contributed by atoms with Crippen LogP contribution in [0.2, 0.25) is 0 Å². The molecular formula is C18H12F4N2O2. The van der Waals surface area contributed by atoms with Crippen molar-refractivity contribution in [1.29, 1.82) is 0 Å². The first-order valence-electron chi connectivity index (χ1n) is 7.60. The number of hydrogen-bond donors (Lipinski definition) is 2. The van der Waals surface area contributed by atoms with Crippen molar-refractivity contribution in [3.8, 4) is 0 Å². The second-order valence-electron chi connectivity index (χ2n) is 5.63. The van der Waals surface area contributed by atoms with Crippen molar-refractivity contribution >= 4 is 22.5 Å². The molecule has 0 saturated heterocycles. The zero-order chi connectivity index (χ0) is 18.8. The fourth-order valence-corrected chi connectivity index (χ4v) is 2.49. The van der Waals surface area contributed by atoms with E-state index < -0.39 is 40.4 Å². The van der Waals surface area contributed by atoms with Gasteiger partial charge in [-0.2, -0.15) is 0 Å². The molecule has 0 radical (unpaired) electrons. The maximum Gasteiger partial charge on any atom is 0.251 e. The zero-order valence-electron chi connectivity index (χ0n) is 13.2. The van der Waals surface area contributed by atoms with Gasteiger partial charge in [0, 0.05) is 12.0 Å². The van der Waals surface area contributed by atoms with Crippen LogP contribution < -0.4 is 10.9 Å². The van der Waals surface area contributed by atoms with Crippen molar-refractivity contribution in [3.05, 3.63) is 75.6 Å². The molecule has 1 amide bonds. The normalized spacial score (nSPS) is 10.9. The van der Waals surface area contributed by atoms with Gasteiger partial charge in [-0.3, -0.25) is 9.59 Å². The van der Waals surface area contributed by atoms with E-state index in [0.29, 0.717) is 17.0 Å². The molecule has 0 unspecified atom stereocenters. The first-order chi connectivity index (χ1) is 12.3.